The van der Waals surface area contributed by atoms with E-state index in [1.807, 2.05) is 43.5 Å². The van der Waals surface area contributed by atoms with Crippen molar-refractivity contribution in [2.24, 2.45) is 0 Å². The van der Waals surface area contributed by atoms with Crippen LogP contribution in [-0.2, 0) is 17.8 Å². The quantitative estimate of drug-likeness (QED) is 0.378. The molecule has 0 spiro atoms. The number of nitrogens with zero attached hydrogens (tertiary/aromatic N) is 2. The second-order valence-electron chi connectivity index (χ2n) is 6.54. The van der Waals surface area contributed by atoms with E-state index in [1.54, 1.807) is 27.6 Å². The molecule has 0 radical (unpaired) electrons. The zero-order valence-corrected chi connectivity index (χ0v) is 19.9. The van der Waals surface area contributed by atoms with Crippen molar-refractivity contribution in [2.45, 2.75) is 26.8 Å². The smallest absolute Gasteiger partial charge is 0.260 e. The van der Waals surface area contributed by atoms with E-state index in [4.69, 9.17) is 0 Å². The first kappa shape index (κ1) is 20.5. The summed E-state index contributed by atoms with van der Waals surface area (Å²) in [5.41, 5.74) is 0.721. The monoisotopic (exact) mass is 507 g/mol. The maximum atomic E-state index is 12.8. The topological polar surface area (TPSA) is 66.1 Å². The Balaban J connectivity index is 1.58. The van der Waals surface area contributed by atoms with Gasteiger partial charge in [0.1, 0.15) is 10.7 Å². The lowest BCUT2D eigenvalue weighted by molar-refractivity contribution is -0.130. The molecule has 4 rings (SSSR count). The summed E-state index contributed by atoms with van der Waals surface area (Å²) in [5, 5.41) is 2.57. The number of thiophene rings is 3. The van der Waals surface area contributed by atoms with Gasteiger partial charge < -0.3 is 9.88 Å². The van der Waals surface area contributed by atoms with Crippen LogP contribution in [0.15, 0.2) is 38.2 Å². The van der Waals surface area contributed by atoms with Crippen LogP contribution in [0.25, 0.3) is 20.7 Å². The maximum Gasteiger partial charge on any atom is 0.260 e. The summed E-state index contributed by atoms with van der Waals surface area (Å²) in [7, 11) is 0. The summed E-state index contributed by atoms with van der Waals surface area (Å²) in [6.07, 6.45) is 0.0803. The van der Waals surface area contributed by atoms with Crippen molar-refractivity contribution in [2.75, 3.05) is 6.54 Å². The predicted octanol–water partition coefficient (Wildman–Crippen LogP) is 5.44. The van der Waals surface area contributed by atoms with Crippen LogP contribution >= 0.6 is 49.9 Å². The Hall–Kier alpha value is -1.81. The highest BCUT2D eigenvalue weighted by molar-refractivity contribution is 9.11. The zero-order chi connectivity index (χ0) is 20.5. The van der Waals surface area contributed by atoms with Gasteiger partial charge in [-0.15, -0.1) is 34.0 Å². The van der Waals surface area contributed by atoms with Crippen molar-refractivity contribution < 1.29 is 4.79 Å². The first-order chi connectivity index (χ1) is 13.9. The minimum absolute atomic E-state index is 0.0508. The lowest BCUT2D eigenvalue weighted by atomic mass is 10.2. The van der Waals surface area contributed by atoms with Gasteiger partial charge in [-0.3, -0.25) is 9.59 Å². The second kappa shape index (κ2) is 8.51. The number of carbonyl (C=O) groups is 1. The molecule has 1 amide bonds. The van der Waals surface area contributed by atoms with Gasteiger partial charge in [0.05, 0.1) is 22.1 Å². The van der Waals surface area contributed by atoms with Crippen LogP contribution in [0.2, 0.25) is 0 Å². The van der Waals surface area contributed by atoms with E-state index in [9.17, 15) is 9.59 Å². The van der Waals surface area contributed by atoms with Gasteiger partial charge in [0.25, 0.3) is 5.56 Å². The Morgan fingerprint density at radius 1 is 1.24 bits per heavy atom. The molecule has 0 aromatic carbocycles. The molecule has 4 heterocycles. The highest BCUT2D eigenvalue weighted by Crippen LogP contribution is 2.35. The summed E-state index contributed by atoms with van der Waals surface area (Å²) in [6, 6.07) is 8.06. The maximum absolute atomic E-state index is 12.8. The van der Waals surface area contributed by atoms with Crippen molar-refractivity contribution >= 4 is 66.1 Å². The number of fused-ring (bicyclic) bond motifs is 1. The fourth-order valence-corrected chi connectivity index (χ4v) is 6.52. The van der Waals surface area contributed by atoms with E-state index >= 15 is 0 Å². The van der Waals surface area contributed by atoms with Gasteiger partial charge in [-0.2, -0.15) is 0 Å². The average molecular weight is 508 g/mol. The molecule has 0 saturated carbocycles. The van der Waals surface area contributed by atoms with Crippen LogP contribution < -0.4 is 5.56 Å². The van der Waals surface area contributed by atoms with Crippen molar-refractivity contribution in [1.82, 2.24) is 14.9 Å². The van der Waals surface area contributed by atoms with Crippen LogP contribution in [0.4, 0.5) is 0 Å². The molecule has 9 heteroatoms. The fraction of sp³-hybridized carbons (Fsp3) is 0.250. The van der Waals surface area contributed by atoms with Crippen LogP contribution in [0.5, 0.6) is 0 Å². The van der Waals surface area contributed by atoms with E-state index < -0.39 is 0 Å². The van der Waals surface area contributed by atoms with Crippen molar-refractivity contribution in [3.05, 3.63) is 59.4 Å². The third kappa shape index (κ3) is 4.37. The molecule has 150 valence electrons. The second-order valence-corrected chi connectivity index (χ2v) is 11.2. The van der Waals surface area contributed by atoms with E-state index in [0.29, 0.717) is 29.1 Å². The Morgan fingerprint density at radius 3 is 2.72 bits per heavy atom. The number of carbonyl (C=O) groups excluding carboxylic acids is 1. The van der Waals surface area contributed by atoms with Crippen molar-refractivity contribution in [1.29, 1.82) is 0 Å². The van der Waals surface area contributed by atoms with E-state index in [-0.39, 0.29) is 17.9 Å². The molecule has 0 saturated heterocycles. The SMILES string of the molecule is CCN(Cc1ccc(Br)s1)C(=O)Cc1nc2scc(-c3ccc(C)s3)c2c(=O)[nH]1. The molecule has 0 bridgehead atoms. The summed E-state index contributed by atoms with van der Waals surface area (Å²) >= 11 is 8.16. The van der Waals surface area contributed by atoms with E-state index in [0.717, 1.165) is 19.1 Å². The number of amides is 1. The Kier molecular flexibility index (Phi) is 6.00. The zero-order valence-electron chi connectivity index (χ0n) is 15.8. The molecule has 5 nitrogen and oxygen atoms in total. The summed E-state index contributed by atoms with van der Waals surface area (Å²) in [6.45, 7) is 5.15. The first-order valence-electron chi connectivity index (χ1n) is 9.03. The van der Waals surface area contributed by atoms with Gasteiger partial charge in [0.2, 0.25) is 5.91 Å². The number of hydrogen-bond donors (Lipinski definition) is 1. The Bertz CT molecular complexity index is 1240. The van der Waals surface area contributed by atoms with Crippen LogP contribution in [0, 0.1) is 6.92 Å². The van der Waals surface area contributed by atoms with Gasteiger partial charge in [-0.1, -0.05) is 0 Å². The number of aromatic nitrogens is 2. The van der Waals surface area contributed by atoms with Gasteiger partial charge in [-0.25, -0.2) is 4.98 Å². The molecule has 0 aliphatic heterocycles. The lowest BCUT2D eigenvalue weighted by Crippen LogP contribution is -2.32. The minimum Gasteiger partial charge on any atom is -0.337 e. The molecule has 1 N–H and O–H groups in total. The number of rotatable bonds is 6. The predicted molar refractivity (Wildman–Crippen MR) is 125 cm³/mol. The lowest BCUT2D eigenvalue weighted by Gasteiger charge is -2.19. The number of aromatic amines is 1. The van der Waals surface area contributed by atoms with E-state index in [2.05, 4.69) is 25.9 Å². The molecular weight excluding hydrogens is 490 g/mol. The molecule has 0 unspecified atom stereocenters. The van der Waals surface area contributed by atoms with Crippen LogP contribution in [-0.4, -0.2) is 27.3 Å². The normalized spacial score (nSPS) is 11.3. The molecule has 0 atom stereocenters. The number of halogens is 1. The number of aryl methyl sites for hydroxylation is 1. The summed E-state index contributed by atoms with van der Waals surface area (Å²) in [4.78, 5) is 38.8. The highest BCUT2D eigenvalue weighted by Gasteiger charge is 2.18. The average Bonchev–Trinajstić information content (AvgIpc) is 3.39. The molecule has 4 aromatic rings. The van der Waals surface area contributed by atoms with E-state index in [1.165, 1.54) is 16.2 Å². The molecular formula is C20H18BrN3O2S3. The van der Waals surface area contributed by atoms with Gasteiger partial charge >= 0.3 is 0 Å². The highest BCUT2D eigenvalue weighted by atomic mass is 79.9. The largest absolute Gasteiger partial charge is 0.337 e. The number of nitrogens with one attached hydrogen (secondary N) is 1. The number of hydrogen-bond acceptors (Lipinski definition) is 6. The molecule has 0 aliphatic rings. The minimum atomic E-state index is -0.190. The summed E-state index contributed by atoms with van der Waals surface area (Å²) in [5.74, 6) is 0.360. The summed E-state index contributed by atoms with van der Waals surface area (Å²) < 4.78 is 1.04. The van der Waals surface area contributed by atoms with Crippen LogP contribution in [0.3, 0.4) is 0 Å². The molecule has 0 fully saturated rings. The fourth-order valence-electron chi connectivity index (χ4n) is 3.09. The third-order valence-corrected chi connectivity index (χ3v) is 8.04. The van der Waals surface area contributed by atoms with Gasteiger partial charge in [0, 0.05) is 32.1 Å². The molecule has 0 aliphatic carbocycles. The molecule has 4 aromatic heterocycles. The standard InChI is InChI=1S/C20H18BrN3O2S3/c1-3-24(9-12-5-7-15(21)29-12)17(25)8-16-22-19(26)18-13(10-27-20(18)23-16)14-6-4-11(2)28-14/h4-7,10H,3,8-9H2,1-2H3,(H,22,23,26). The Labute approximate surface area is 188 Å². The van der Waals surface area contributed by atoms with Gasteiger partial charge in [-0.05, 0) is 54.0 Å². The van der Waals surface area contributed by atoms with Crippen molar-refractivity contribution in [3.63, 3.8) is 0 Å². The first-order valence-corrected chi connectivity index (χ1v) is 12.3. The molecule has 29 heavy (non-hydrogen) atoms. The van der Waals surface area contributed by atoms with Crippen LogP contribution in [0.1, 0.15) is 22.5 Å². The number of likely N-dealkylation sites (N-methyl/N-ethyl adjacent to an activating group) is 1. The third-order valence-electron chi connectivity index (χ3n) is 4.53. The number of H-pyrrole nitrogens is 1. The Morgan fingerprint density at radius 2 is 2.07 bits per heavy atom. The van der Waals surface area contributed by atoms with Gasteiger partial charge in [0.15, 0.2) is 0 Å². The van der Waals surface area contributed by atoms with Crippen molar-refractivity contribution in [3.8, 4) is 10.4 Å².